The van der Waals surface area contributed by atoms with Crippen LogP contribution in [-0.4, -0.2) is 11.8 Å². The number of primary amides is 1. The van der Waals surface area contributed by atoms with Gasteiger partial charge in [-0.15, -0.1) is 0 Å². The van der Waals surface area contributed by atoms with Gasteiger partial charge in [-0.25, -0.2) is 0 Å². The summed E-state index contributed by atoms with van der Waals surface area (Å²) in [7, 11) is 0. The van der Waals surface area contributed by atoms with Crippen LogP contribution < -0.4 is 11.1 Å². The quantitative estimate of drug-likeness (QED) is 0.837. The Kier molecular flexibility index (Phi) is 4.90. The predicted octanol–water partition coefficient (Wildman–Crippen LogP) is 2.71. The molecule has 0 fully saturated rings. The number of carbonyl (C=O) groups is 2. The van der Waals surface area contributed by atoms with Crippen molar-refractivity contribution in [2.24, 2.45) is 5.73 Å². The van der Waals surface area contributed by atoms with Crippen molar-refractivity contribution >= 4 is 33.8 Å². The molecule has 0 aromatic heterocycles. The van der Waals surface area contributed by atoms with Crippen LogP contribution in [0.1, 0.15) is 15.9 Å². The van der Waals surface area contributed by atoms with E-state index in [4.69, 9.17) is 5.73 Å². The van der Waals surface area contributed by atoms with Crippen molar-refractivity contribution in [2.75, 3.05) is 0 Å². The van der Waals surface area contributed by atoms with Gasteiger partial charge in [-0.1, -0.05) is 52.3 Å². The van der Waals surface area contributed by atoms with Crippen molar-refractivity contribution in [3.8, 4) is 0 Å². The van der Waals surface area contributed by atoms with E-state index in [0.29, 0.717) is 5.56 Å². The van der Waals surface area contributed by atoms with E-state index in [0.717, 1.165) is 10.0 Å². The first-order valence-corrected chi connectivity index (χ1v) is 6.99. The van der Waals surface area contributed by atoms with Gasteiger partial charge in [-0.3, -0.25) is 9.59 Å². The second-order valence-corrected chi connectivity index (χ2v) is 5.21. The molecule has 4 nitrogen and oxygen atoms in total. The van der Waals surface area contributed by atoms with Gasteiger partial charge in [-0.2, -0.15) is 0 Å². The van der Waals surface area contributed by atoms with E-state index < -0.39 is 11.8 Å². The zero-order valence-corrected chi connectivity index (χ0v) is 12.6. The Labute approximate surface area is 130 Å². The minimum absolute atomic E-state index is 0.0474. The molecule has 0 aliphatic heterocycles. The first-order chi connectivity index (χ1) is 10.1. The summed E-state index contributed by atoms with van der Waals surface area (Å²) in [6, 6.07) is 16.0. The molecule has 2 aromatic rings. The summed E-state index contributed by atoms with van der Waals surface area (Å²) < 4.78 is 0.780. The third-order valence-corrected chi connectivity index (χ3v) is 3.20. The van der Waals surface area contributed by atoms with Crippen molar-refractivity contribution < 1.29 is 9.59 Å². The molecule has 0 saturated heterocycles. The summed E-state index contributed by atoms with van der Waals surface area (Å²) >= 11 is 3.29. The SMILES string of the molecule is NC(=O)/C(=C\c1ccccc1)NC(=O)c1cccc(Br)c1. The maximum atomic E-state index is 12.1. The average Bonchev–Trinajstić information content (AvgIpc) is 2.47. The van der Waals surface area contributed by atoms with Crippen LogP contribution in [0.2, 0.25) is 0 Å². The van der Waals surface area contributed by atoms with Gasteiger partial charge in [-0.05, 0) is 29.8 Å². The molecule has 21 heavy (non-hydrogen) atoms. The zero-order valence-electron chi connectivity index (χ0n) is 11.0. The summed E-state index contributed by atoms with van der Waals surface area (Å²) in [5, 5.41) is 2.54. The van der Waals surface area contributed by atoms with E-state index in [-0.39, 0.29) is 5.70 Å². The lowest BCUT2D eigenvalue weighted by Gasteiger charge is -2.07. The van der Waals surface area contributed by atoms with Crippen LogP contribution in [-0.2, 0) is 4.79 Å². The smallest absolute Gasteiger partial charge is 0.265 e. The van der Waals surface area contributed by atoms with Crippen molar-refractivity contribution in [1.82, 2.24) is 5.32 Å². The Bertz CT molecular complexity index is 696. The molecule has 0 radical (unpaired) electrons. The second kappa shape index (κ2) is 6.85. The number of benzene rings is 2. The van der Waals surface area contributed by atoms with E-state index in [9.17, 15) is 9.59 Å². The minimum atomic E-state index is -0.692. The lowest BCUT2D eigenvalue weighted by molar-refractivity contribution is -0.114. The summed E-state index contributed by atoms with van der Waals surface area (Å²) in [5.74, 6) is -1.08. The molecule has 2 amide bonds. The number of hydrogen-bond donors (Lipinski definition) is 2. The van der Waals surface area contributed by atoms with Gasteiger partial charge < -0.3 is 11.1 Å². The Morgan fingerprint density at radius 2 is 1.76 bits per heavy atom. The molecule has 0 saturated carbocycles. The van der Waals surface area contributed by atoms with Crippen LogP contribution >= 0.6 is 15.9 Å². The maximum absolute atomic E-state index is 12.1. The number of amides is 2. The Balaban J connectivity index is 2.23. The third kappa shape index (κ3) is 4.29. The van der Waals surface area contributed by atoms with Gasteiger partial charge in [0.2, 0.25) is 0 Å². The molecule has 0 bridgehead atoms. The maximum Gasteiger partial charge on any atom is 0.265 e. The highest BCUT2D eigenvalue weighted by atomic mass is 79.9. The third-order valence-electron chi connectivity index (χ3n) is 2.71. The van der Waals surface area contributed by atoms with Crippen molar-refractivity contribution in [3.63, 3.8) is 0 Å². The summed E-state index contributed by atoms with van der Waals surface area (Å²) in [6.07, 6.45) is 1.54. The zero-order chi connectivity index (χ0) is 15.2. The summed E-state index contributed by atoms with van der Waals surface area (Å²) in [5.41, 5.74) is 6.57. The fraction of sp³-hybridized carbons (Fsp3) is 0. The van der Waals surface area contributed by atoms with Crippen LogP contribution in [0, 0.1) is 0 Å². The topological polar surface area (TPSA) is 72.2 Å². The molecule has 3 N–H and O–H groups in total. The van der Waals surface area contributed by atoms with Crippen LogP contribution in [0.4, 0.5) is 0 Å². The highest BCUT2D eigenvalue weighted by molar-refractivity contribution is 9.10. The molecule has 0 aliphatic rings. The van der Waals surface area contributed by atoms with E-state index in [1.807, 2.05) is 36.4 Å². The molecule has 0 aliphatic carbocycles. The molecule has 2 aromatic carbocycles. The van der Waals surface area contributed by atoms with Crippen LogP contribution in [0.15, 0.2) is 64.8 Å². The van der Waals surface area contributed by atoms with Crippen molar-refractivity contribution in [1.29, 1.82) is 0 Å². The fourth-order valence-electron chi connectivity index (χ4n) is 1.71. The normalized spacial score (nSPS) is 11.0. The molecule has 106 valence electrons. The van der Waals surface area contributed by atoms with E-state index in [1.165, 1.54) is 6.08 Å². The first kappa shape index (κ1) is 15.0. The molecule has 0 unspecified atom stereocenters. The van der Waals surface area contributed by atoms with Gasteiger partial charge in [0.05, 0.1) is 0 Å². The van der Waals surface area contributed by atoms with E-state index in [2.05, 4.69) is 21.2 Å². The molecule has 0 spiro atoms. The molecule has 0 heterocycles. The average molecular weight is 345 g/mol. The van der Waals surface area contributed by atoms with E-state index >= 15 is 0 Å². The number of nitrogens with two attached hydrogens (primary N) is 1. The number of halogens is 1. The first-order valence-electron chi connectivity index (χ1n) is 6.20. The Morgan fingerprint density at radius 3 is 2.38 bits per heavy atom. The fourth-order valence-corrected chi connectivity index (χ4v) is 2.11. The molecular formula is C16H13BrN2O2. The number of rotatable bonds is 4. The summed E-state index contributed by atoms with van der Waals surface area (Å²) in [4.78, 5) is 23.6. The van der Waals surface area contributed by atoms with Gasteiger partial charge in [0.1, 0.15) is 5.70 Å². The van der Waals surface area contributed by atoms with Crippen molar-refractivity contribution in [2.45, 2.75) is 0 Å². The molecule has 2 rings (SSSR count). The minimum Gasteiger partial charge on any atom is -0.364 e. The van der Waals surface area contributed by atoms with Gasteiger partial charge in [0.25, 0.3) is 11.8 Å². The number of carbonyl (C=O) groups excluding carboxylic acids is 2. The standard InChI is InChI=1S/C16H13BrN2O2/c17-13-8-4-7-12(10-13)16(21)19-14(15(18)20)9-11-5-2-1-3-6-11/h1-10H,(H2,18,20)(H,19,21)/b14-9+. The van der Waals surface area contributed by atoms with Crippen LogP contribution in [0.3, 0.4) is 0 Å². The monoisotopic (exact) mass is 344 g/mol. The largest absolute Gasteiger partial charge is 0.364 e. The Morgan fingerprint density at radius 1 is 1.05 bits per heavy atom. The van der Waals surface area contributed by atoms with Crippen LogP contribution in [0.5, 0.6) is 0 Å². The molecule has 0 atom stereocenters. The highest BCUT2D eigenvalue weighted by Gasteiger charge is 2.12. The predicted molar refractivity (Wildman–Crippen MR) is 85.2 cm³/mol. The second-order valence-electron chi connectivity index (χ2n) is 4.30. The van der Waals surface area contributed by atoms with Crippen molar-refractivity contribution in [3.05, 3.63) is 75.9 Å². The van der Waals surface area contributed by atoms with Gasteiger partial charge in [0, 0.05) is 10.0 Å². The Hall–Kier alpha value is -2.40. The van der Waals surface area contributed by atoms with Gasteiger partial charge in [0.15, 0.2) is 0 Å². The van der Waals surface area contributed by atoms with Crippen LogP contribution in [0.25, 0.3) is 6.08 Å². The van der Waals surface area contributed by atoms with Gasteiger partial charge >= 0.3 is 0 Å². The summed E-state index contributed by atoms with van der Waals surface area (Å²) in [6.45, 7) is 0. The number of hydrogen-bond acceptors (Lipinski definition) is 2. The highest BCUT2D eigenvalue weighted by Crippen LogP contribution is 2.12. The van der Waals surface area contributed by atoms with E-state index in [1.54, 1.807) is 18.2 Å². The molecular weight excluding hydrogens is 332 g/mol. The lowest BCUT2D eigenvalue weighted by Crippen LogP contribution is -2.31. The lowest BCUT2D eigenvalue weighted by atomic mass is 10.1. The number of nitrogens with one attached hydrogen (secondary N) is 1. The molecule has 5 heteroatoms.